The Hall–Kier alpha value is -2.56. The number of halogens is 2. The molecule has 1 aromatic heterocycles. The minimum atomic E-state index is 0. The first-order chi connectivity index (χ1) is 14.7. The third-order valence-corrected chi connectivity index (χ3v) is 5.59. The molecule has 1 aliphatic rings. The van der Waals surface area contributed by atoms with Crippen molar-refractivity contribution in [2.24, 2.45) is 0 Å². The average molecular weight is 476 g/mol. The van der Waals surface area contributed by atoms with Gasteiger partial charge >= 0.3 is 0 Å². The molecule has 0 aliphatic carbocycles. The van der Waals surface area contributed by atoms with Crippen LogP contribution in [0.1, 0.15) is 36.9 Å². The molecule has 6 nitrogen and oxygen atoms in total. The quantitative estimate of drug-likeness (QED) is 0.336. The molecule has 0 bridgehead atoms. The SMILES string of the molecule is Cl.N#C/C(=C\c1ccccc1OCCCN1CCCCC1)c1noc2ccc(Cl)cc12.O. The molecule has 3 aromatic rings. The van der Waals surface area contributed by atoms with E-state index in [0.29, 0.717) is 28.5 Å². The number of para-hydroxylation sites is 1. The molecule has 2 aromatic carbocycles. The van der Waals surface area contributed by atoms with Gasteiger partial charge in [0.05, 0.1) is 17.6 Å². The van der Waals surface area contributed by atoms with Crippen molar-refractivity contribution in [1.82, 2.24) is 10.1 Å². The summed E-state index contributed by atoms with van der Waals surface area (Å²) in [5, 5.41) is 15.1. The Morgan fingerprint density at radius 2 is 1.97 bits per heavy atom. The molecule has 32 heavy (non-hydrogen) atoms. The third kappa shape index (κ3) is 6.24. The molecule has 0 spiro atoms. The van der Waals surface area contributed by atoms with Crippen LogP contribution in [0.4, 0.5) is 0 Å². The normalized spacial score (nSPS) is 14.3. The molecular weight excluding hydrogens is 449 g/mol. The number of nitriles is 1. The highest BCUT2D eigenvalue weighted by Gasteiger charge is 2.14. The average Bonchev–Trinajstić information content (AvgIpc) is 3.19. The Labute approximate surface area is 199 Å². The highest BCUT2D eigenvalue weighted by molar-refractivity contribution is 6.31. The van der Waals surface area contributed by atoms with E-state index in [1.807, 2.05) is 24.3 Å². The van der Waals surface area contributed by atoms with Crippen LogP contribution in [0, 0.1) is 11.3 Å². The molecule has 0 unspecified atom stereocenters. The van der Waals surface area contributed by atoms with Gasteiger partial charge in [-0.25, -0.2) is 0 Å². The lowest BCUT2D eigenvalue weighted by Crippen LogP contribution is -2.31. The smallest absolute Gasteiger partial charge is 0.167 e. The fourth-order valence-corrected chi connectivity index (χ4v) is 3.97. The fourth-order valence-electron chi connectivity index (χ4n) is 3.80. The highest BCUT2D eigenvalue weighted by Crippen LogP contribution is 2.30. The van der Waals surface area contributed by atoms with Gasteiger partial charge in [-0.2, -0.15) is 5.26 Å². The van der Waals surface area contributed by atoms with Crippen molar-refractivity contribution in [2.75, 3.05) is 26.2 Å². The summed E-state index contributed by atoms with van der Waals surface area (Å²) in [6.07, 6.45) is 6.72. The van der Waals surface area contributed by atoms with Crippen molar-refractivity contribution >= 4 is 46.6 Å². The monoisotopic (exact) mass is 475 g/mol. The maximum atomic E-state index is 9.76. The van der Waals surface area contributed by atoms with Crippen LogP contribution >= 0.6 is 24.0 Å². The van der Waals surface area contributed by atoms with Crippen LogP contribution in [0.15, 0.2) is 47.0 Å². The van der Waals surface area contributed by atoms with Crippen molar-refractivity contribution in [3.8, 4) is 11.8 Å². The van der Waals surface area contributed by atoms with Crippen molar-refractivity contribution in [3.63, 3.8) is 0 Å². The maximum absolute atomic E-state index is 9.76. The largest absolute Gasteiger partial charge is 0.493 e. The molecular formula is C24H27Cl2N3O3. The Kier molecular flexibility index (Phi) is 10.0. The van der Waals surface area contributed by atoms with E-state index in [4.69, 9.17) is 20.9 Å². The Balaban J connectivity index is 0.00000181. The van der Waals surface area contributed by atoms with E-state index in [1.165, 1.54) is 32.4 Å². The maximum Gasteiger partial charge on any atom is 0.167 e. The van der Waals surface area contributed by atoms with Gasteiger partial charge in [0, 0.05) is 17.1 Å². The number of benzene rings is 2. The number of aromatic nitrogens is 1. The summed E-state index contributed by atoms with van der Waals surface area (Å²) in [7, 11) is 0. The molecule has 2 N–H and O–H groups in total. The van der Waals surface area contributed by atoms with Crippen molar-refractivity contribution in [3.05, 3.63) is 58.7 Å². The predicted molar refractivity (Wildman–Crippen MR) is 130 cm³/mol. The van der Waals surface area contributed by atoms with E-state index >= 15 is 0 Å². The molecule has 0 amide bonds. The minimum absolute atomic E-state index is 0. The lowest BCUT2D eigenvalue weighted by atomic mass is 10.1. The zero-order valence-electron chi connectivity index (χ0n) is 17.7. The van der Waals surface area contributed by atoms with E-state index in [1.54, 1.807) is 24.3 Å². The number of allylic oxidation sites excluding steroid dienone is 1. The van der Waals surface area contributed by atoms with Gasteiger partial charge in [0.1, 0.15) is 17.5 Å². The molecule has 0 radical (unpaired) electrons. The molecule has 8 heteroatoms. The summed E-state index contributed by atoms with van der Waals surface area (Å²) in [5.74, 6) is 0.759. The number of rotatable bonds is 7. The number of likely N-dealkylation sites (tertiary alicyclic amines) is 1. The molecule has 4 rings (SSSR count). The van der Waals surface area contributed by atoms with E-state index < -0.39 is 0 Å². The third-order valence-electron chi connectivity index (χ3n) is 5.35. The zero-order valence-corrected chi connectivity index (χ0v) is 19.3. The first kappa shape index (κ1) is 25.7. The van der Waals surface area contributed by atoms with E-state index in [0.717, 1.165) is 29.7 Å². The molecule has 2 heterocycles. The summed E-state index contributed by atoms with van der Waals surface area (Å²) in [6, 6.07) is 15.2. The molecule has 170 valence electrons. The van der Waals surface area contributed by atoms with Crippen LogP contribution in [0.3, 0.4) is 0 Å². The van der Waals surface area contributed by atoms with Crippen LogP contribution in [-0.2, 0) is 0 Å². The van der Waals surface area contributed by atoms with E-state index in [-0.39, 0.29) is 17.9 Å². The second-order valence-electron chi connectivity index (χ2n) is 7.48. The molecule has 0 saturated carbocycles. The van der Waals surface area contributed by atoms with E-state index in [2.05, 4.69) is 16.1 Å². The predicted octanol–water partition coefficient (Wildman–Crippen LogP) is 5.40. The second-order valence-corrected chi connectivity index (χ2v) is 7.92. The highest BCUT2D eigenvalue weighted by atomic mass is 35.5. The zero-order chi connectivity index (χ0) is 20.8. The summed E-state index contributed by atoms with van der Waals surface area (Å²) in [4.78, 5) is 2.51. The Bertz CT molecular complexity index is 1090. The second kappa shape index (κ2) is 12.5. The summed E-state index contributed by atoms with van der Waals surface area (Å²) < 4.78 is 11.4. The lowest BCUT2D eigenvalue weighted by molar-refractivity contribution is 0.205. The minimum Gasteiger partial charge on any atom is -0.493 e. The van der Waals surface area contributed by atoms with Crippen LogP contribution in [-0.4, -0.2) is 41.8 Å². The van der Waals surface area contributed by atoms with Crippen LogP contribution in [0.2, 0.25) is 5.02 Å². The standard InChI is InChI=1S/C24H24ClN3O2.ClH.H2O/c25-20-9-10-23-21(16-20)24(27-30-23)19(17-26)15-18-7-2-3-8-22(18)29-14-6-13-28-11-4-1-5-12-28;;/h2-3,7-10,15-16H,1,4-6,11-14H2;1H;1H2/b19-15+;;. The van der Waals surface area contributed by atoms with Gasteiger partial charge < -0.3 is 19.6 Å². The van der Waals surface area contributed by atoms with Gasteiger partial charge in [-0.05, 0) is 62.7 Å². The number of piperidine rings is 1. The van der Waals surface area contributed by atoms with Crippen LogP contribution in [0.25, 0.3) is 22.6 Å². The van der Waals surface area contributed by atoms with Gasteiger partial charge in [0.25, 0.3) is 0 Å². The summed E-state index contributed by atoms with van der Waals surface area (Å²) in [6.45, 7) is 4.10. The van der Waals surface area contributed by atoms with Gasteiger partial charge in [-0.3, -0.25) is 0 Å². The number of nitrogens with zero attached hydrogens (tertiary/aromatic N) is 3. The number of hydrogen-bond donors (Lipinski definition) is 0. The fraction of sp³-hybridized carbons (Fsp3) is 0.333. The van der Waals surface area contributed by atoms with Crippen molar-refractivity contribution in [1.29, 1.82) is 5.26 Å². The van der Waals surface area contributed by atoms with Gasteiger partial charge in [-0.1, -0.05) is 41.4 Å². The van der Waals surface area contributed by atoms with Crippen molar-refractivity contribution < 1.29 is 14.7 Å². The molecule has 0 atom stereocenters. The first-order valence-electron chi connectivity index (χ1n) is 10.4. The lowest BCUT2D eigenvalue weighted by Gasteiger charge is -2.26. The van der Waals surface area contributed by atoms with Gasteiger partial charge in [-0.15, -0.1) is 12.4 Å². The van der Waals surface area contributed by atoms with Gasteiger partial charge in [0.2, 0.25) is 0 Å². The topological polar surface area (TPSA) is 93.8 Å². The Morgan fingerprint density at radius 1 is 1.19 bits per heavy atom. The molecule has 1 fully saturated rings. The van der Waals surface area contributed by atoms with Gasteiger partial charge in [0.15, 0.2) is 5.58 Å². The molecule has 1 saturated heterocycles. The van der Waals surface area contributed by atoms with E-state index in [9.17, 15) is 5.26 Å². The van der Waals surface area contributed by atoms with Crippen LogP contribution < -0.4 is 4.74 Å². The number of ether oxygens (including phenoxy) is 1. The first-order valence-corrected chi connectivity index (χ1v) is 10.7. The number of fused-ring (bicyclic) bond motifs is 1. The Morgan fingerprint density at radius 3 is 2.75 bits per heavy atom. The summed E-state index contributed by atoms with van der Waals surface area (Å²) >= 11 is 6.11. The number of hydrogen-bond acceptors (Lipinski definition) is 5. The molecule has 1 aliphatic heterocycles. The summed E-state index contributed by atoms with van der Waals surface area (Å²) in [5.41, 5.74) is 2.32. The van der Waals surface area contributed by atoms with Crippen molar-refractivity contribution in [2.45, 2.75) is 25.7 Å². The van der Waals surface area contributed by atoms with Crippen LogP contribution in [0.5, 0.6) is 5.75 Å².